The highest BCUT2D eigenvalue weighted by Crippen LogP contribution is 2.36. The second-order valence-electron chi connectivity index (χ2n) is 10.2. The molecule has 0 aliphatic carbocycles. The lowest BCUT2D eigenvalue weighted by Gasteiger charge is -2.13. The summed E-state index contributed by atoms with van der Waals surface area (Å²) in [4.78, 5) is 73.9. The first kappa shape index (κ1) is 32.5. The average Bonchev–Trinajstić information content (AvgIpc) is 3.46. The Morgan fingerprint density at radius 1 is 0.938 bits per heavy atom. The van der Waals surface area contributed by atoms with Gasteiger partial charge in [-0.05, 0) is 18.6 Å². The van der Waals surface area contributed by atoms with Crippen molar-refractivity contribution in [2.24, 2.45) is 0 Å². The van der Waals surface area contributed by atoms with Crippen molar-refractivity contribution in [3.8, 4) is 34.1 Å². The molecule has 1 amide bonds. The number of aromatic hydroxyl groups is 4. The predicted octanol–water partition coefficient (Wildman–Crippen LogP) is 0.771. The Hall–Kier alpha value is -6.92. The molecule has 7 N–H and O–H groups in total. The molecule has 19 heteroatoms. The van der Waals surface area contributed by atoms with Crippen LogP contribution in [0.3, 0.4) is 0 Å². The summed E-state index contributed by atoms with van der Waals surface area (Å²) < 4.78 is 16.7. The number of fused-ring (bicyclic) bond motifs is 2. The molecule has 0 radical (unpaired) electrons. The van der Waals surface area contributed by atoms with E-state index in [1.807, 2.05) is 0 Å². The van der Waals surface area contributed by atoms with Crippen LogP contribution in [-0.4, -0.2) is 75.5 Å². The Morgan fingerprint density at radius 3 is 2.35 bits per heavy atom. The molecule has 0 bridgehead atoms. The summed E-state index contributed by atoms with van der Waals surface area (Å²) in [6.07, 6.45) is 1.15. The number of hydrogen-bond donors (Lipinski definition) is 7. The zero-order chi connectivity index (χ0) is 34.9. The van der Waals surface area contributed by atoms with Crippen molar-refractivity contribution in [2.75, 3.05) is 0 Å². The molecule has 0 aliphatic heterocycles. The monoisotopic (exact) mass is 666 g/mol. The number of carbonyl (C=O) groups is 4. The molecule has 248 valence electrons. The van der Waals surface area contributed by atoms with Gasteiger partial charge in [-0.1, -0.05) is 5.21 Å². The van der Waals surface area contributed by atoms with Crippen LogP contribution >= 0.6 is 0 Å². The Bertz CT molecular complexity index is 2250. The van der Waals surface area contributed by atoms with Crippen LogP contribution in [0.5, 0.6) is 23.0 Å². The maximum Gasteiger partial charge on any atom is 0.344 e. The molecule has 5 aromatic rings. The Morgan fingerprint density at radius 2 is 1.65 bits per heavy atom. The Balaban J connectivity index is 1.39. The summed E-state index contributed by atoms with van der Waals surface area (Å²) >= 11 is 0. The van der Waals surface area contributed by atoms with Crippen molar-refractivity contribution in [1.29, 1.82) is 0 Å². The minimum absolute atomic E-state index is 0.0449. The molecule has 0 spiro atoms. The minimum atomic E-state index is -1.47. The van der Waals surface area contributed by atoms with Gasteiger partial charge in [0.15, 0.2) is 23.0 Å². The number of rotatable bonds is 11. The number of nitrogens with zero attached hydrogens (tertiary/aromatic N) is 3. The van der Waals surface area contributed by atoms with Crippen LogP contribution in [0.4, 0.5) is 0 Å². The molecule has 1 atom stereocenters. The van der Waals surface area contributed by atoms with Gasteiger partial charge in [-0.25, -0.2) is 19.1 Å². The molecular formula is C29H22N4O15. The standard InChI is InChI=1S/C29H22N4O15/c34-16-4-11-3-13(28(44)48-19(11)5-17(16)35)14-10-46-20-6-18(36)26(41)24(23(20)25(14)40)29(45)47-9-12-7-33(32-31-12)8-21(37)30-15(27(42)43)1-2-22(38)39/h3-7,10,15,34-36,41H,1-2,8-9H2,(H,30,37)(H,38,39)(H,42,43). The quantitative estimate of drug-likeness (QED) is 0.0581. The molecule has 19 nitrogen and oxygen atoms in total. The van der Waals surface area contributed by atoms with E-state index in [0.29, 0.717) is 0 Å². The first-order chi connectivity index (χ1) is 22.7. The number of carboxylic acid groups (broad SMARTS) is 2. The van der Waals surface area contributed by atoms with E-state index in [4.69, 9.17) is 18.7 Å². The van der Waals surface area contributed by atoms with Crippen molar-refractivity contribution in [3.05, 3.63) is 68.6 Å². The molecule has 5 rings (SSSR count). The van der Waals surface area contributed by atoms with Crippen LogP contribution in [0.15, 0.2) is 55.1 Å². The third kappa shape index (κ3) is 6.54. The first-order valence-electron chi connectivity index (χ1n) is 13.5. The van der Waals surface area contributed by atoms with Crippen LogP contribution in [0.2, 0.25) is 0 Å². The van der Waals surface area contributed by atoms with E-state index < -0.39 is 100.0 Å². The lowest BCUT2D eigenvalue weighted by molar-refractivity contribution is -0.143. The number of carbonyl (C=O) groups excluding carboxylic acids is 2. The number of carboxylic acids is 2. The maximum absolute atomic E-state index is 13.6. The maximum atomic E-state index is 13.6. The number of phenols is 4. The van der Waals surface area contributed by atoms with Crippen LogP contribution in [0.1, 0.15) is 28.9 Å². The lowest BCUT2D eigenvalue weighted by Crippen LogP contribution is -2.42. The van der Waals surface area contributed by atoms with E-state index in [2.05, 4.69) is 15.6 Å². The van der Waals surface area contributed by atoms with Gasteiger partial charge in [0.2, 0.25) is 11.3 Å². The van der Waals surface area contributed by atoms with Gasteiger partial charge < -0.3 is 49.5 Å². The van der Waals surface area contributed by atoms with Crippen molar-refractivity contribution in [1.82, 2.24) is 20.3 Å². The van der Waals surface area contributed by atoms with Gasteiger partial charge in [0, 0.05) is 23.9 Å². The summed E-state index contributed by atoms with van der Waals surface area (Å²) in [6, 6.07) is 2.60. The molecular weight excluding hydrogens is 644 g/mol. The second-order valence-corrected chi connectivity index (χ2v) is 10.2. The topological polar surface area (TPSA) is 302 Å². The number of ether oxygens (including phenoxy) is 1. The van der Waals surface area contributed by atoms with Crippen LogP contribution in [0.25, 0.3) is 33.1 Å². The van der Waals surface area contributed by atoms with E-state index in [1.54, 1.807) is 0 Å². The van der Waals surface area contributed by atoms with Gasteiger partial charge in [-0.2, -0.15) is 0 Å². The zero-order valence-corrected chi connectivity index (χ0v) is 24.1. The van der Waals surface area contributed by atoms with E-state index in [1.165, 1.54) is 0 Å². The normalized spacial score (nSPS) is 11.8. The van der Waals surface area contributed by atoms with Crippen molar-refractivity contribution in [2.45, 2.75) is 32.0 Å². The van der Waals surface area contributed by atoms with E-state index >= 15 is 0 Å². The number of nitrogens with one attached hydrogen (secondary N) is 1. The third-order valence-electron chi connectivity index (χ3n) is 6.87. The number of aromatic nitrogens is 3. The second kappa shape index (κ2) is 12.8. The molecule has 48 heavy (non-hydrogen) atoms. The van der Waals surface area contributed by atoms with Crippen molar-refractivity contribution in [3.63, 3.8) is 0 Å². The highest BCUT2D eigenvalue weighted by molar-refractivity contribution is 6.07. The summed E-state index contributed by atoms with van der Waals surface area (Å²) in [5.41, 5.74) is -4.24. The number of benzene rings is 2. The highest BCUT2D eigenvalue weighted by atomic mass is 16.5. The Kier molecular flexibility index (Phi) is 8.68. The van der Waals surface area contributed by atoms with Gasteiger partial charge in [0.1, 0.15) is 47.9 Å². The van der Waals surface area contributed by atoms with Gasteiger partial charge in [-0.3, -0.25) is 14.4 Å². The van der Waals surface area contributed by atoms with Gasteiger partial charge in [0.05, 0.1) is 22.7 Å². The average molecular weight is 667 g/mol. The summed E-state index contributed by atoms with van der Waals surface area (Å²) in [5.74, 6) is -7.89. The number of esters is 1. The van der Waals surface area contributed by atoms with Crippen LogP contribution in [0, 0.1) is 0 Å². The fourth-order valence-electron chi connectivity index (χ4n) is 4.59. The third-order valence-corrected chi connectivity index (χ3v) is 6.87. The van der Waals surface area contributed by atoms with Gasteiger partial charge >= 0.3 is 23.5 Å². The number of hydrogen-bond acceptors (Lipinski definition) is 15. The summed E-state index contributed by atoms with van der Waals surface area (Å²) in [7, 11) is 0. The SMILES string of the molecule is O=C(O)CCC(NC(=O)Cn1cc(COC(=O)c2c(O)c(O)cc3occ(-c4cc5cc(O)c(O)cc5oc4=O)c(=O)c23)nn1)C(=O)O. The fraction of sp³-hybridized carbons (Fsp3) is 0.172. The molecule has 0 saturated heterocycles. The molecule has 0 aliphatic rings. The van der Waals surface area contributed by atoms with E-state index in [9.17, 15) is 54.3 Å². The van der Waals surface area contributed by atoms with Crippen LogP contribution in [-0.2, 0) is 32.3 Å². The molecule has 3 heterocycles. The predicted molar refractivity (Wildman–Crippen MR) is 156 cm³/mol. The largest absolute Gasteiger partial charge is 0.504 e. The summed E-state index contributed by atoms with van der Waals surface area (Å²) in [5, 5.41) is 67.3. The minimum Gasteiger partial charge on any atom is -0.504 e. The molecule has 3 aromatic heterocycles. The fourth-order valence-corrected chi connectivity index (χ4v) is 4.59. The smallest absolute Gasteiger partial charge is 0.344 e. The van der Waals surface area contributed by atoms with E-state index in [0.717, 1.165) is 41.4 Å². The lowest BCUT2D eigenvalue weighted by atomic mass is 10.0. The van der Waals surface area contributed by atoms with Crippen molar-refractivity contribution >= 4 is 45.8 Å². The van der Waals surface area contributed by atoms with Gasteiger partial charge in [-0.15, -0.1) is 5.10 Å². The zero-order valence-electron chi connectivity index (χ0n) is 24.1. The van der Waals surface area contributed by atoms with E-state index in [-0.39, 0.29) is 34.2 Å². The molecule has 0 saturated carbocycles. The number of aliphatic carboxylic acids is 2. The Labute approximate surface area is 264 Å². The first-order valence-corrected chi connectivity index (χ1v) is 13.5. The molecule has 1 unspecified atom stereocenters. The highest BCUT2D eigenvalue weighted by Gasteiger charge is 2.27. The van der Waals surface area contributed by atoms with Crippen LogP contribution < -0.4 is 16.4 Å². The summed E-state index contributed by atoms with van der Waals surface area (Å²) in [6.45, 7) is -1.17. The number of amides is 1. The van der Waals surface area contributed by atoms with Crippen molar-refractivity contribution < 1.29 is 63.4 Å². The molecule has 2 aromatic carbocycles. The number of phenolic OH excluding ortho intramolecular Hbond substituents is 4. The van der Waals surface area contributed by atoms with Gasteiger partial charge in [0.25, 0.3) is 0 Å². The molecule has 0 fully saturated rings.